The number of methoxy groups -OCH3 is 1. The highest BCUT2D eigenvalue weighted by atomic mass is 32.2. The van der Waals surface area contributed by atoms with Gasteiger partial charge < -0.3 is 4.74 Å². The lowest BCUT2D eigenvalue weighted by atomic mass is 10.1. The molecule has 140 valence electrons. The van der Waals surface area contributed by atoms with Gasteiger partial charge in [0.2, 0.25) is 0 Å². The zero-order valence-corrected chi connectivity index (χ0v) is 16.2. The summed E-state index contributed by atoms with van der Waals surface area (Å²) in [5, 5.41) is 0. The van der Waals surface area contributed by atoms with Crippen molar-refractivity contribution < 1.29 is 14.3 Å². The van der Waals surface area contributed by atoms with Crippen LogP contribution in [-0.2, 0) is 12.3 Å². The molecule has 4 nitrogen and oxygen atoms in total. The van der Waals surface area contributed by atoms with Gasteiger partial charge in [-0.25, -0.2) is 0 Å². The Morgan fingerprint density at radius 2 is 1.36 bits per heavy atom. The minimum atomic E-state index is -0.224. The molecule has 5 heteroatoms. The summed E-state index contributed by atoms with van der Waals surface area (Å²) in [4.78, 5) is 27.8. The summed E-state index contributed by atoms with van der Waals surface area (Å²) in [6.07, 6.45) is 0. The van der Waals surface area contributed by atoms with Crippen molar-refractivity contribution in [3.8, 4) is 5.75 Å². The van der Waals surface area contributed by atoms with Crippen LogP contribution in [0.4, 0.5) is 0 Å². The van der Waals surface area contributed by atoms with E-state index in [1.165, 1.54) is 4.90 Å². The normalized spacial score (nSPS) is 13.0. The van der Waals surface area contributed by atoms with Crippen molar-refractivity contribution >= 4 is 23.6 Å². The Bertz CT molecular complexity index is 995. The molecule has 0 fully saturated rings. The van der Waals surface area contributed by atoms with Crippen LogP contribution < -0.4 is 4.74 Å². The van der Waals surface area contributed by atoms with E-state index in [0.29, 0.717) is 11.1 Å². The van der Waals surface area contributed by atoms with Gasteiger partial charge in [-0.05, 0) is 47.5 Å². The van der Waals surface area contributed by atoms with E-state index in [-0.39, 0.29) is 18.4 Å². The highest BCUT2D eigenvalue weighted by Crippen LogP contribution is 2.29. The molecule has 0 saturated heterocycles. The number of benzene rings is 3. The van der Waals surface area contributed by atoms with E-state index in [4.69, 9.17) is 4.74 Å². The zero-order valence-electron chi connectivity index (χ0n) is 15.4. The monoisotopic (exact) mass is 389 g/mol. The van der Waals surface area contributed by atoms with Gasteiger partial charge in [-0.3, -0.25) is 14.5 Å². The molecule has 3 aromatic carbocycles. The Kier molecular flexibility index (Phi) is 5.17. The number of carbonyl (C=O) groups excluding carboxylic acids is 2. The molecule has 3 aromatic rings. The molecule has 4 rings (SSSR count). The predicted molar refractivity (Wildman–Crippen MR) is 110 cm³/mol. The number of thioether (sulfide) groups is 1. The molecule has 0 radical (unpaired) electrons. The summed E-state index contributed by atoms with van der Waals surface area (Å²) < 4.78 is 5.19. The zero-order chi connectivity index (χ0) is 19.5. The summed E-state index contributed by atoms with van der Waals surface area (Å²) in [6, 6.07) is 22.9. The van der Waals surface area contributed by atoms with Crippen molar-refractivity contribution in [2.24, 2.45) is 0 Å². The van der Waals surface area contributed by atoms with E-state index in [2.05, 4.69) is 0 Å². The maximum Gasteiger partial charge on any atom is 0.261 e. The molecule has 0 atom stereocenters. The predicted octanol–water partition coefficient (Wildman–Crippen LogP) is 4.78. The lowest BCUT2D eigenvalue weighted by Gasteiger charge is -2.17. The second kappa shape index (κ2) is 7.90. The van der Waals surface area contributed by atoms with E-state index >= 15 is 0 Å². The van der Waals surface area contributed by atoms with Crippen LogP contribution in [0.15, 0.2) is 77.7 Å². The number of ether oxygens (including phenoxy) is 1. The lowest BCUT2D eigenvalue weighted by molar-refractivity contribution is 0.0642. The van der Waals surface area contributed by atoms with E-state index in [1.54, 1.807) is 43.1 Å². The number of nitrogens with zero attached hydrogens (tertiary/aromatic N) is 1. The minimum absolute atomic E-state index is 0.224. The molecule has 0 unspecified atom stereocenters. The van der Waals surface area contributed by atoms with Gasteiger partial charge in [0.15, 0.2) is 0 Å². The lowest BCUT2D eigenvalue weighted by Crippen LogP contribution is -2.29. The number of rotatable bonds is 6. The first-order chi connectivity index (χ1) is 13.7. The van der Waals surface area contributed by atoms with Gasteiger partial charge in [0.05, 0.1) is 24.8 Å². The molecular formula is C23H19NO3S. The van der Waals surface area contributed by atoms with Crippen molar-refractivity contribution in [2.75, 3.05) is 7.11 Å². The Hall–Kier alpha value is -3.05. The molecule has 0 spiro atoms. The van der Waals surface area contributed by atoms with Crippen molar-refractivity contribution in [2.45, 2.75) is 17.2 Å². The fraction of sp³-hybridized carbons (Fsp3) is 0.130. The van der Waals surface area contributed by atoms with Gasteiger partial charge in [0, 0.05) is 10.6 Å². The molecule has 1 heterocycles. The number of fused-ring (bicyclic) bond motifs is 1. The SMILES string of the molecule is COc1ccc(SCc2ccccc2CN2C(=O)c3ccccc3C2=O)cc1. The molecule has 1 aliphatic rings. The smallest absolute Gasteiger partial charge is 0.261 e. The molecule has 0 bridgehead atoms. The third kappa shape index (κ3) is 3.53. The molecule has 2 amide bonds. The highest BCUT2D eigenvalue weighted by Gasteiger charge is 2.35. The van der Waals surface area contributed by atoms with Crippen molar-refractivity contribution in [3.05, 3.63) is 95.1 Å². The molecule has 0 saturated carbocycles. The Morgan fingerprint density at radius 3 is 1.96 bits per heavy atom. The quantitative estimate of drug-likeness (QED) is 0.449. The Balaban J connectivity index is 1.50. The van der Waals surface area contributed by atoms with Crippen LogP contribution in [0.25, 0.3) is 0 Å². The number of hydrogen-bond donors (Lipinski definition) is 0. The van der Waals surface area contributed by atoms with Crippen LogP contribution in [0, 0.1) is 0 Å². The Labute approximate surface area is 168 Å². The third-order valence-corrected chi connectivity index (χ3v) is 5.84. The van der Waals surface area contributed by atoms with Gasteiger partial charge in [-0.15, -0.1) is 11.8 Å². The standard InChI is InChI=1S/C23H19NO3S/c1-27-18-10-12-19(13-11-18)28-15-17-7-3-2-6-16(17)14-24-22(25)20-8-4-5-9-21(20)23(24)26/h2-13H,14-15H2,1H3. The third-order valence-electron chi connectivity index (χ3n) is 4.78. The van der Waals surface area contributed by atoms with Crippen molar-refractivity contribution in [1.82, 2.24) is 4.90 Å². The molecular weight excluding hydrogens is 370 g/mol. The van der Waals surface area contributed by atoms with E-state index < -0.39 is 0 Å². The fourth-order valence-corrected chi connectivity index (χ4v) is 4.17. The first-order valence-electron chi connectivity index (χ1n) is 8.96. The topological polar surface area (TPSA) is 46.6 Å². The van der Waals surface area contributed by atoms with Gasteiger partial charge in [-0.1, -0.05) is 36.4 Å². The maximum atomic E-state index is 12.7. The summed E-state index contributed by atoms with van der Waals surface area (Å²) in [6.45, 7) is 0.283. The summed E-state index contributed by atoms with van der Waals surface area (Å²) in [5.74, 6) is 1.14. The molecule has 0 N–H and O–H groups in total. The molecule has 0 aromatic heterocycles. The van der Waals surface area contributed by atoms with Gasteiger partial charge in [0.25, 0.3) is 11.8 Å². The van der Waals surface area contributed by atoms with Gasteiger partial charge in [-0.2, -0.15) is 0 Å². The average molecular weight is 389 g/mol. The molecule has 1 aliphatic heterocycles. The number of amides is 2. The average Bonchev–Trinajstić information content (AvgIpc) is 2.98. The highest BCUT2D eigenvalue weighted by molar-refractivity contribution is 7.98. The largest absolute Gasteiger partial charge is 0.497 e. The second-order valence-electron chi connectivity index (χ2n) is 6.47. The summed E-state index contributed by atoms with van der Waals surface area (Å²) >= 11 is 1.71. The van der Waals surface area contributed by atoms with Crippen LogP contribution in [0.3, 0.4) is 0 Å². The van der Waals surface area contributed by atoms with E-state index in [0.717, 1.165) is 27.5 Å². The summed E-state index contributed by atoms with van der Waals surface area (Å²) in [7, 11) is 1.65. The van der Waals surface area contributed by atoms with Crippen LogP contribution in [0.5, 0.6) is 5.75 Å². The van der Waals surface area contributed by atoms with E-state index in [1.807, 2.05) is 48.5 Å². The Morgan fingerprint density at radius 1 is 0.786 bits per heavy atom. The summed E-state index contributed by atoms with van der Waals surface area (Å²) in [5.41, 5.74) is 3.06. The van der Waals surface area contributed by atoms with Crippen LogP contribution in [0.1, 0.15) is 31.8 Å². The maximum absolute atomic E-state index is 12.7. The van der Waals surface area contributed by atoms with Crippen molar-refractivity contribution in [1.29, 1.82) is 0 Å². The van der Waals surface area contributed by atoms with Crippen LogP contribution in [-0.4, -0.2) is 23.8 Å². The van der Waals surface area contributed by atoms with Crippen molar-refractivity contribution in [3.63, 3.8) is 0 Å². The van der Waals surface area contributed by atoms with Crippen LogP contribution in [0.2, 0.25) is 0 Å². The minimum Gasteiger partial charge on any atom is -0.497 e. The first kappa shape index (κ1) is 18.3. The first-order valence-corrected chi connectivity index (χ1v) is 9.95. The van der Waals surface area contributed by atoms with Gasteiger partial charge in [0.1, 0.15) is 5.75 Å². The number of carbonyl (C=O) groups is 2. The molecule has 0 aliphatic carbocycles. The van der Waals surface area contributed by atoms with E-state index in [9.17, 15) is 9.59 Å². The fourth-order valence-electron chi connectivity index (χ4n) is 3.24. The van der Waals surface area contributed by atoms with Crippen LogP contribution >= 0.6 is 11.8 Å². The second-order valence-corrected chi connectivity index (χ2v) is 7.52. The number of hydrogen-bond acceptors (Lipinski definition) is 4. The molecule has 28 heavy (non-hydrogen) atoms. The number of imide groups is 1. The van der Waals surface area contributed by atoms with Gasteiger partial charge >= 0.3 is 0 Å².